The number of anilines is 3. The Morgan fingerprint density at radius 1 is 0.882 bits per heavy atom. The molecule has 2 aromatic heterocycles. The number of nitrogens with one attached hydrogen (secondary N) is 1. The first kappa shape index (κ1) is 20.6. The standard InChI is InChI=1S/C25H24N6O3/c32-21-16-17-6-4-5-9-20(17)34-25(21)12-14-31(15-13-25)22-11-10-19(27-28-22)23-29-30-24(33-23)26-18-7-2-1-3-8-18/h1-11,21,32H,12-16H2,(H,26,30). The molecule has 1 saturated heterocycles. The number of nitrogens with zero attached hydrogens (tertiary/aromatic N) is 5. The fourth-order valence-corrected chi connectivity index (χ4v) is 4.63. The van der Waals surface area contributed by atoms with Gasteiger partial charge in [0.15, 0.2) is 11.5 Å². The van der Waals surface area contributed by atoms with Crippen molar-refractivity contribution < 1.29 is 14.3 Å². The summed E-state index contributed by atoms with van der Waals surface area (Å²) in [5.41, 5.74) is 1.88. The number of piperidine rings is 1. The third kappa shape index (κ3) is 3.84. The minimum absolute atomic E-state index is 0.293. The van der Waals surface area contributed by atoms with Gasteiger partial charge >= 0.3 is 6.01 Å². The zero-order valence-corrected chi connectivity index (χ0v) is 18.5. The van der Waals surface area contributed by atoms with Crippen LogP contribution in [0.3, 0.4) is 0 Å². The summed E-state index contributed by atoms with van der Waals surface area (Å²) in [6.45, 7) is 1.44. The minimum Gasteiger partial charge on any atom is -0.484 e. The number of aliphatic hydroxyl groups excluding tert-OH is 1. The van der Waals surface area contributed by atoms with Crippen LogP contribution in [0.4, 0.5) is 17.5 Å². The van der Waals surface area contributed by atoms with E-state index in [9.17, 15) is 5.11 Å². The molecule has 172 valence electrons. The van der Waals surface area contributed by atoms with Gasteiger partial charge in [0.1, 0.15) is 11.4 Å². The van der Waals surface area contributed by atoms with Crippen LogP contribution < -0.4 is 15.0 Å². The van der Waals surface area contributed by atoms with Gasteiger partial charge in [0.25, 0.3) is 5.89 Å². The predicted octanol–water partition coefficient (Wildman–Crippen LogP) is 3.61. The summed E-state index contributed by atoms with van der Waals surface area (Å²) in [5.74, 6) is 1.95. The number of aromatic nitrogens is 4. The van der Waals surface area contributed by atoms with Gasteiger partial charge in [-0.05, 0) is 35.9 Å². The number of benzene rings is 2. The van der Waals surface area contributed by atoms with Gasteiger partial charge in [-0.25, -0.2) is 0 Å². The highest BCUT2D eigenvalue weighted by Crippen LogP contribution is 2.40. The maximum Gasteiger partial charge on any atom is 0.320 e. The average molecular weight is 457 g/mol. The predicted molar refractivity (Wildman–Crippen MR) is 126 cm³/mol. The summed E-state index contributed by atoms with van der Waals surface area (Å²) < 4.78 is 12.0. The van der Waals surface area contributed by atoms with Crippen molar-refractivity contribution in [2.45, 2.75) is 31.0 Å². The summed E-state index contributed by atoms with van der Waals surface area (Å²) in [5, 5.41) is 30.7. The second-order valence-corrected chi connectivity index (χ2v) is 8.66. The molecule has 9 heteroatoms. The molecule has 0 amide bonds. The molecular weight excluding hydrogens is 432 g/mol. The normalized spacial score (nSPS) is 18.9. The topological polar surface area (TPSA) is 109 Å². The number of aliphatic hydroxyl groups is 1. The summed E-state index contributed by atoms with van der Waals surface area (Å²) >= 11 is 0. The summed E-state index contributed by atoms with van der Waals surface area (Å²) in [4.78, 5) is 2.16. The molecule has 34 heavy (non-hydrogen) atoms. The fourth-order valence-electron chi connectivity index (χ4n) is 4.63. The van der Waals surface area contributed by atoms with Crippen LogP contribution in [-0.2, 0) is 6.42 Å². The van der Waals surface area contributed by atoms with Gasteiger partial charge in [-0.15, -0.1) is 15.3 Å². The van der Waals surface area contributed by atoms with Crippen molar-refractivity contribution in [1.82, 2.24) is 20.4 Å². The Morgan fingerprint density at radius 2 is 1.68 bits per heavy atom. The van der Waals surface area contributed by atoms with Gasteiger partial charge in [0, 0.05) is 38.0 Å². The molecule has 1 unspecified atom stereocenters. The third-order valence-corrected chi connectivity index (χ3v) is 6.56. The van der Waals surface area contributed by atoms with E-state index < -0.39 is 11.7 Å². The molecule has 0 radical (unpaired) electrons. The van der Waals surface area contributed by atoms with Crippen molar-refractivity contribution in [2.75, 3.05) is 23.3 Å². The van der Waals surface area contributed by atoms with E-state index in [1.807, 2.05) is 66.7 Å². The number of ether oxygens (including phenoxy) is 1. The van der Waals surface area contributed by atoms with Crippen LogP contribution in [-0.4, -0.2) is 50.3 Å². The first-order valence-corrected chi connectivity index (χ1v) is 11.4. The molecule has 2 aromatic carbocycles. The quantitative estimate of drug-likeness (QED) is 0.476. The second-order valence-electron chi connectivity index (χ2n) is 8.66. The molecule has 2 N–H and O–H groups in total. The van der Waals surface area contributed by atoms with E-state index in [4.69, 9.17) is 9.15 Å². The van der Waals surface area contributed by atoms with Crippen molar-refractivity contribution in [3.05, 3.63) is 72.3 Å². The third-order valence-electron chi connectivity index (χ3n) is 6.56. The lowest BCUT2D eigenvalue weighted by molar-refractivity contribution is -0.0810. The van der Waals surface area contributed by atoms with Crippen molar-refractivity contribution >= 4 is 17.5 Å². The molecule has 9 nitrogen and oxygen atoms in total. The van der Waals surface area contributed by atoms with Crippen LogP contribution in [0.2, 0.25) is 0 Å². The Balaban J connectivity index is 1.11. The van der Waals surface area contributed by atoms with E-state index >= 15 is 0 Å². The molecule has 6 rings (SSSR count). The van der Waals surface area contributed by atoms with Crippen LogP contribution in [0.1, 0.15) is 18.4 Å². The van der Waals surface area contributed by atoms with Gasteiger partial charge < -0.3 is 24.5 Å². The van der Waals surface area contributed by atoms with Gasteiger partial charge in [-0.3, -0.25) is 0 Å². The lowest BCUT2D eigenvalue weighted by Crippen LogP contribution is -2.57. The highest BCUT2D eigenvalue weighted by atomic mass is 16.5. The van der Waals surface area contributed by atoms with Gasteiger partial charge in [0.05, 0.1) is 6.10 Å². The smallest absolute Gasteiger partial charge is 0.320 e. The van der Waals surface area contributed by atoms with Crippen LogP contribution in [0, 0.1) is 0 Å². The molecular formula is C25H24N6O3. The van der Waals surface area contributed by atoms with E-state index in [-0.39, 0.29) is 0 Å². The molecule has 0 bridgehead atoms. The highest BCUT2D eigenvalue weighted by molar-refractivity contribution is 5.54. The lowest BCUT2D eigenvalue weighted by atomic mass is 9.80. The number of para-hydroxylation sites is 2. The van der Waals surface area contributed by atoms with Gasteiger partial charge in [-0.2, -0.15) is 0 Å². The molecule has 2 aliphatic heterocycles. The maximum absolute atomic E-state index is 10.8. The Kier molecular flexibility index (Phi) is 5.10. The molecule has 1 spiro atoms. The molecule has 1 atom stereocenters. The molecule has 4 aromatic rings. The fraction of sp³-hybridized carbons (Fsp3) is 0.280. The molecule has 0 saturated carbocycles. The molecule has 2 aliphatic rings. The van der Waals surface area contributed by atoms with E-state index in [0.29, 0.717) is 36.9 Å². The van der Waals surface area contributed by atoms with Crippen LogP contribution >= 0.6 is 0 Å². The first-order valence-electron chi connectivity index (χ1n) is 11.4. The van der Waals surface area contributed by atoms with Crippen molar-refractivity contribution in [3.8, 4) is 17.3 Å². The highest BCUT2D eigenvalue weighted by Gasteiger charge is 2.46. The van der Waals surface area contributed by atoms with E-state index in [1.165, 1.54) is 0 Å². The van der Waals surface area contributed by atoms with Crippen LogP contribution in [0.15, 0.2) is 71.1 Å². The Labute approximate surface area is 196 Å². The Bertz CT molecular complexity index is 1270. The average Bonchev–Trinajstić information content (AvgIpc) is 3.34. The first-order chi connectivity index (χ1) is 16.7. The summed E-state index contributed by atoms with van der Waals surface area (Å²) in [6, 6.07) is 21.6. The van der Waals surface area contributed by atoms with Crippen LogP contribution in [0.25, 0.3) is 11.6 Å². The Morgan fingerprint density at radius 3 is 2.47 bits per heavy atom. The van der Waals surface area contributed by atoms with E-state index in [2.05, 4.69) is 30.6 Å². The zero-order valence-electron chi connectivity index (χ0n) is 18.5. The second kappa shape index (κ2) is 8.42. The summed E-state index contributed by atoms with van der Waals surface area (Å²) in [7, 11) is 0. The zero-order chi connectivity index (χ0) is 23.0. The minimum atomic E-state index is -0.551. The Hall–Kier alpha value is -3.98. The number of hydrogen-bond acceptors (Lipinski definition) is 9. The molecule has 4 heterocycles. The number of rotatable bonds is 4. The SMILES string of the molecule is OC1Cc2ccccc2OC12CCN(c1ccc(-c3nnc(Nc4ccccc4)o3)nn1)CC2. The van der Waals surface area contributed by atoms with Crippen LogP contribution in [0.5, 0.6) is 5.75 Å². The van der Waals surface area contributed by atoms with Gasteiger partial charge in [-0.1, -0.05) is 41.5 Å². The van der Waals surface area contributed by atoms with Crippen molar-refractivity contribution in [1.29, 1.82) is 0 Å². The number of fused-ring (bicyclic) bond motifs is 1. The van der Waals surface area contributed by atoms with Crippen molar-refractivity contribution in [2.24, 2.45) is 0 Å². The number of hydrogen-bond donors (Lipinski definition) is 2. The van der Waals surface area contributed by atoms with E-state index in [0.717, 1.165) is 35.9 Å². The molecule has 1 fully saturated rings. The molecule has 0 aliphatic carbocycles. The largest absolute Gasteiger partial charge is 0.484 e. The van der Waals surface area contributed by atoms with Crippen molar-refractivity contribution in [3.63, 3.8) is 0 Å². The van der Waals surface area contributed by atoms with E-state index in [1.54, 1.807) is 0 Å². The van der Waals surface area contributed by atoms with Gasteiger partial charge in [0.2, 0.25) is 0 Å². The summed E-state index contributed by atoms with van der Waals surface area (Å²) in [6.07, 6.45) is 1.53. The monoisotopic (exact) mass is 456 g/mol. The maximum atomic E-state index is 10.8. The lowest BCUT2D eigenvalue weighted by Gasteiger charge is -2.47.